The van der Waals surface area contributed by atoms with Crippen molar-refractivity contribution in [2.45, 2.75) is 65.0 Å². The van der Waals surface area contributed by atoms with E-state index in [1.165, 1.54) is 23.0 Å². The third kappa shape index (κ3) is 5.60. The van der Waals surface area contributed by atoms with Crippen LogP contribution in [0.2, 0.25) is 15.1 Å². The van der Waals surface area contributed by atoms with E-state index in [9.17, 15) is 9.59 Å². The van der Waals surface area contributed by atoms with Gasteiger partial charge in [0.15, 0.2) is 11.6 Å². The van der Waals surface area contributed by atoms with Gasteiger partial charge in [-0.3, -0.25) is 14.2 Å². The predicted molar refractivity (Wildman–Crippen MR) is 191 cm³/mol. The Kier molecular flexibility index (Phi) is 9.32. The van der Waals surface area contributed by atoms with Gasteiger partial charge in [-0.1, -0.05) is 69.1 Å². The number of hydrogen-bond acceptors (Lipinski definition) is 7. The molecule has 0 aliphatic carbocycles. The molecule has 0 radical (unpaired) electrons. The van der Waals surface area contributed by atoms with Gasteiger partial charge in [0.05, 0.1) is 61.7 Å². The van der Waals surface area contributed by atoms with Crippen molar-refractivity contribution < 1.29 is 18.3 Å². The van der Waals surface area contributed by atoms with Crippen molar-refractivity contribution in [2.24, 2.45) is 0 Å². The average Bonchev–Trinajstić information content (AvgIpc) is 3.24. The monoisotopic (exact) mass is 730 g/mol. The maximum atomic E-state index is 17.7. The van der Waals surface area contributed by atoms with E-state index in [0.29, 0.717) is 36.6 Å². The molecule has 2 aliphatic heterocycles. The van der Waals surface area contributed by atoms with Crippen LogP contribution in [-0.4, -0.2) is 57.1 Å². The van der Waals surface area contributed by atoms with E-state index in [2.05, 4.69) is 16.5 Å². The number of pyridine rings is 1. The standard InChI is InChI=1S/C35H35Cl3F2N6O3/c1-7-23(47)44-13-18-8-9-49-34-32(45(18)12-17(44)6)19-10-20(36)24(25-26(39)21(37)11-22(38)28(25)41)27(40)31(19)46(35(34)48)33-29(15(2)3)42-14-43-30(33)16(4)5/h7,10-11,14-18H,1,8-9,12-13,41H2,2-6H3. The van der Waals surface area contributed by atoms with E-state index in [1.54, 1.807) is 4.90 Å². The quantitative estimate of drug-likeness (QED) is 0.126. The summed E-state index contributed by atoms with van der Waals surface area (Å²) in [7, 11) is 0. The number of carbonyl (C=O) groups excluding carboxylic acids is 1. The topological polar surface area (TPSA) is 107 Å². The Labute approximate surface area is 297 Å². The summed E-state index contributed by atoms with van der Waals surface area (Å²) in [6, 6.07) is 2.01. The number of carbonyl (C=O) groups is 1. The van der Waals surface area contributed by atoms with Gasteiger partial charge in [-0.15, -0.1) is 0 Å². The van der Waals surface area contributed by atoms with Crippen LogP contribution in [0, 0.1) is 11.6 Å². The Hall–Kier alpha value is -3.93. The molecule has 4 aromatic rings. The second kappa shape index (κ2) is 13.1. The number of anilines is 2. The molecule has 0 saturated carbocycles. The third-order valence-electron chi connectivity index (χ3n) is 9.22. The summed E-state index contributed by atoms with van der Waals surface area (Å²) in [4.78, 5) is 40.5. The first-order valence-corrected chi connectivity index (χ1v) is 17.0. The molecule has 49 heavy (non-hydrogen) atoms. The predicted octanol–water partition coefficient (Wildman–Crippen LogP) is 7.89. The van der Waals surface area contributed by atoms with Crippen molar-refractivity contribution in [3.63, 3.8) is 0 Å². The van der Waals surface area contributed by atoms with Crippen molar-refractivity contribution in [1.82, 2.24) is 19.4 Å². The highest BCUT2D eigenvalue weighted by atomic mass is 35.5. The number of nitrogen functional groups attached to an aromatic ring is 1. The van der Waals surface area contributed by atoms with Gasteiger partial charge in [-0.2, -0.15) is 0 Å². The molecule has 0 bridgehead atoms. The molecule has 258 valence electrons. The van der Waals surface area contributed by atoms with Crippen LogP contribution < -0.4 is 20.9 Å². The molecular weight excluding hydrogens is 697 g/mol. The molecule has 14 heteroatoms. The van der Waals surface area contributed by atoms with Crippen molar-refractivity contribution in [1.29, 1.82) is 0 Å². The molecule has 0 spiro atoms. The fourth-order valence-corrected chi connectivity index (χ4v) is 7.66. The third-order valence-corrected chi connectivity index (χ3v) is 10.1. The van der Waals surface area contributed by atoms with Crippen molar-refractivity contribution >= 4 is 63.0 Å². The zero-order valence-corrected chi connectivity index (χ0v) is 29.9. The molecule has 2 unspecified atom stereocenters. The fraction of sp³-hybridized carbons (Fsp3) is 0.371. The Morgan fingerprint density at radius 2 is 1.65 bits per heavy atom. The van der Waals surface area contributed by atoms with Crippen LogP contribution in [0.15, 0.2) is 35.9 Å². The number of ether oxygens (including phenoxy) is 1. The second-order valence-electron chi connectivity index (χ2n) is 13.0. The van der Waals surface area contributed by atoms with Crippen LogP contribution in [0.4, 0.5) is 20.2 Å². The van der Waals surface area contributed by atoms with E-state index in [-0.39, 0.29) is 79.5 Å². The summed E-state index contributed by atoms with van der Waals surface area (Å²) in [6.45, 7) is 13.9. The molecule has 2 aliphatic rings. The normalized spacial score (nSPS) is 17.6. The molecule has 2 atom stereocenters. The molecule has 1 saturated heterocycles. The molecule has 1 amide bonds. The Morgan fingerprint density at radius 1 is 1.00 bits per heavy atom. The second-order valence-corrected chi connectivity index (χ2v) is 14.2. The number of amides is 1. The van der Waals surface area contributed by atoms with Crippen LogP contribution in [0.5, 0.6) is 5.75 Å². The van der Waals surface area contributed by atoms with Gasteiger partial charge in [-0.05, 0) is 37.0 Å². The number of nitrogens with two attached hydrogens (primary N) is 1. The molecule has 2 N–H and O–H groups in total. The molecule has 9 nitrogen and oxygen atoms in total. The molecule has 4 heterocycles. The lowest BCUT2D eigenvalue weighted by Crippen LogP contribution is -2.59. The zero-order valence-electron chi connectivity index (χ0n) is 27.6. The number of aromatic nitrogens is 3. The van der Waals surface area contributed by atoms with Gasteiger partial charge in [0.2, 0.25) is 11.7 Å². The molecule has 1 fully saturated rings. The first-order valence-electron chi connectivity index (χ1n) is 15.9. The van der Waals surface area contributed by atoms with Gasteiger partial charge >= 0.3 is 0 Å². The highest BCUT2D eigenvalue weighted by Crippen LogP contribution is 2.48. The smallest absolute Gasteiger partial charge is 0.300 e. The number of piperazine rings is 1. The van der Waals surface area contributed by atoms with Crippen LogP contribution in [0.1, 0.15) is 64.3 Å². The highest BCUT2D eigenvalue weighted by Gasteiger charge is 2.40. The number of halogens is 5. The van der Waals surface area contributed by atoms with Crippen LogP contribution >= 0.6 is 34.8 Å². The summed E-state index contributed by atoms with van der Waals surface area (Å²) >= 11 is 19.3. The van der Waals surface area contributed by atoms with E-state index in [1.807, 2.05) is 39.5 Å². The highest BCUT2D eigenvalue weighted by molar-refractivity contribution is 6.38. The average molecular weight is 732 g/mol. The minimum Gasteiger partial charge on any atom is -0.486 e. The summed E-state index contributed by atoms with van der Waals surface area (Å²) in [6.07, 6.45) is 3.15. The maximum Gasteiger partial charge on any atom is 0.300 e. The van der Waals surface area contributed by atoms with Crippen LogP contribution in [0.25, 0.3) is 27.7 Å². The maximum absolute atomic E-state index is 17.7. The lowest BCUT2D eigenvalue weighted by molar-refractivity contribution is -0.128. The first-order chi connectivity index (χ1) is 23.2. The Morgan fingerprint density at radius 3 is 2.27 bits per heavy atom. The lowest BCUT2D eigenvalue weighted by atomic mass is 9.96. The van der Waals surface area contributed by atoms with E-state index in [4.69, 9.17) is 45.3 Å². The first kappa shape index (κ1) is 34.9. The van der Waals surface area contributed by atoms with Crippen LogP contribution in [0.3, 0.4) is 0 Å². The zero-order chi connectivity index (χ0) is 35.6. The van der Waals surface area contributed by atoms with E-state index < -0.39 is 28.3 Å². The van der Waals surface area contributed by atoms with Gasteiger partial charge < -0.3 is 20.3 Å². The lowest BCUT2D eigenvalue weighted by Gasteiger charge is -2.45. The molecule has 2 aromatic heterocycles. The van der Waals surface area contributed by atoms with Gasteiger partial charge in [0.1, 0.15) is 6.33 Å². The van der Waals surface area contributed by atoms with Gasteiger partial charge in [-0.25, -0.2) is 18.7 Å². The van der Waals surface area contributed by atoms with Crippen LogP contribution in [-0.2, 0) is 4.79 Å². The SMILES string of the molecule is C=CC(=O)N1CC2CCOc3c(c4cc(Cl)c(-c5c(N)c(Cl)cc(Cl)c5F)c(F)c4n(-c4c(C(C)C)ncnc4C(C)C)c3=O)N2CC1C. The number of nitrogens with zero attached hydrogens (tertiary/aromatic N) is 5. The summed E-state index contributed by atoms with van der Waals surface area (Å²) in [5, 5.41) is -0.465. The van der Waals surface area contributed by atoms with E-state index >= 15 is 8.78 Å². The largest absolute Gasteiger partial charge is 0.486 e. The minimum absolute atomic E-state index is 0.0151. The van der Waals surface area contributed by atoms with Crippen molar-refractivity contribution in [2.75, 3.05) is 30.3 Å². The molecular formula is C35H35Cl3F2N6O3. The van der Waals surface area contributed by atoms with Gasteiger partial charge in [0, 0.05) is 42.1 Å². The van der Waals surface area contributed by atoms with Crippen molar-refractivity contribution in [3.8, 4) is 22.6 Å². The molecule has 6 rings (SSSR count). The number of fused-ring (bicyclic) bond motifs is 5. The van der Waals surface area contributed by atoms with Gasteiger partial charge in [0.25, 0.3) is 5.56 Å². The number of rotatable bonds is 5. The molecule has 2 aromatic carbocycles. The summed E-state index contributed by atoms with van der Waals surface area (Å²) in [5.41, 5.74) is 5.82. The van der Waals surface area contributed by atoms with Crippen molar-refractivity contribution in [3.05, 3.63) is 79.6 Å². The summed E-state index contributed by atoms with van der Waals surface area (Å²) in [5.74, 6) is -2.73. The Balaban J connectivity index is 1.81. The fourth-order valence-electron chi connectivity index (χ4n) is 6.91. The minimum atomic E-state index is -1.03. The number of hydrogen-bond donors (Lipinski definition) is 1. The Bertz CT molecular complexity index is 2050. The van der Waals surface area contributed by atoms with E-state index in [0.717, 1.165) is 6.07 Å². The summed E-state index contributed by atoms with van der Waals surface area (Å²) < 4.78 is 41.0. The number of benzene rings is 2.